The first-order valence-corrected chi connectivity index (χ1v) is 6.43. The van der Waals surface area contributed by atoms with Crippen molar-refractivity contribution >= 4 is 11.4 Å². The van der Waals surface area contributed by atoms with Crippen molar-refractivity contribution in [3.05, 3.63) is 33.9 Å². The molecular formula is C14H20N2O2. The molecule has 1 aromatic rings. The molecule has 0 radical (unpaired) electrons. The number of hydrogen-bond acceptors (Lipinski definition) is 3. The average Bonchev–Trinajstić information content (AvgIpc) is 3.07. The molecule has 1 fully saturated rings. The van der Waals surface area contributed by atoms with Gasteiger partial charge in [0.2, 0.25) is 0 Å². The Hall–Kier alpha value is -1.58. The maximum atomic E-state index is 10.7. The third kappa shape index (κ3) is 2.47. The Labute approximate surface area is 108 Å². The van der Waals surface area contributed by atoms with Crippen molar-refractivity contribution in [2.24, 2.45) is 11.3 Å². The van der Waals surface area contributed by atoms with E-state index in [1.54, 1.807) is 19.1 Å². The molecule has 0 heterocycles. The first-order chi connectivity index (χ1) is 8.44. The van der Waals surface area contributed by atoms with Gasteiger partial charge in [0.25, 0.3) is 5.69 Å². The van der Waals surface area contributed by atoms with Crippen molar-refractivity contribution in [1.29, 1.82) is 0 Å². The number of rotatable bonds is 5. The third-order valence-corrected chi connectivity index (χ3v) is 4.16. The maximum absolute atomic E-state index is 10.7. The largest absolute Gasteiger partial charge is 0.384 e. The van der Waals surface area contributed by atoms with Gasteiger partial charge in [-0.25, -0.2) is 0 Å². The van der Waals surface area contributed by atoms with Gasteiger partial charge in [0.1, 0.15) is 0 Å². The fourth-order valence-corrected chi connectivity index (χ4v) is 2.37. The van der Waals surface area contributed by atoms with Crippen LogP contribution in [-0.2, 0) is 0 Å². The van der Waals surface area contributed by atoms with Crippen LogP contribution in [0.15, 0.2) is 18.2 Å². The lowest BCUT2D eigenvalue weighted by Gasteiger charge is -2.20. The van der Waals surface area contributed by atoms with Crippen molar-refractivity contribution in [3.63, 3.8) is 0 Å². The number of nitro groups is 1. The van der Waals surface area contributed by atoms with E-state index in [2.05, 4.69) is 19.2 Å². The van der Waals surface area contributed by atoms with Gasteiger partial charge in [-0.2, -0.15) is 0 Å². The van der Waals surface area contributed by atoms with Crippen LogP contribution in [0.25, 0.3) is 0 Å². The van der Waals surface area contributed by atoms with Gasteiger partial charge < -0.3 is 5.32 Å². The summed E-state index contributed by atoms with van der Waals surface area (Å²) in [4.78, 5) is 10.4. The van der Waals surface area contributed by atoms with Gasteiger partial charge >= 0.3 is 0 Å². The average molecular weight is 248 g/mol. The number of nitrogens with zero attached hydrogens (tertiary/aromatic N) is 1. The van der Waals surface area contributed by atoms with Crippen LogP contribution in [0.1, 0.15) is 32.3 Å². The summed E-state index contributed by atoms with van der Waals surface area (Å²) in [6.07, 6.45) is 2.56. The molecule has 0 aromatic heterocycles. The Morgan fingerprint density at radius 2 is 2.11 bits per heavy atom. The van der Waals surface area contributed by atoms with E-state index in [9.17, 15) is 10.1 Å². The quantitative estimate of drug-likeness (QED) is 0.637. The van der Waals surface area contributed by atoms with Crippen molar-refractivity contribution < 1.29 is 4.92 Å². The number of benzene rings is 1. The Morgan fingerprint density at radius 1 is 1.44 bits per heavy atom. The molecule has 98 valence electrons. The molecule has 18 heavy (non-hydrogen) atoms. The molecule has 1 N–H and O–H groups in total. The molecule has 1 saturated carbocycles. The topological polar surface area (TPSA) is 55.2 Å². The molecule has 2 rings (SSSR count). The van der Waals surface area contributed by atoms with Gasteiger partial charge in [0, 0.05) is 23.9 Å². The SMILES string of the molecule is Cc1cc(NCC2(C(C)C)CC2)ccc1[N+](=O)[O-]. The fraction of sp³-hybridized carbons (Fsp3) is 0.571. The molecule has 0 aliphatic heterocycles. The molecule has 4 heteroatoms. The first-order valence-electron chi connectivity index (χ1n) is 6.43. The van der Waals surface area contributed by atoms with Gasteiger partial charge in [-0.05, 0) is 43.2 Å². The number of aryl methyl sites for hydroxylation is 1. The molecule has 1 aliphatic carbocycles. The second-order valence-electron chi connectivity index (χ2n) is 5.63. The summed E-state index contributed by atoms with van der Waals surface area (Å²) in [5.74, 6) is 0.684. The predicted octanol–water partition coefficient (Wildman–Crippen LogP) is 3.75. The molecule has 1 aliphatic rings. The predicted molar refractivity (Wildman–Crippen MR) is 72.8 cm³/mol. The smallest absolute Gasteiger partial charge is 0.272 e. The first kappa shape index (κ1) is 12.9. The van der Waals surface area contributed by atoms with E-state index in [-0.39, 0.29) is 10.6 Å². The molecule has 1 aromatic carbocycles. The summed E-state index contributed by atoms with van der Waals surface area (Å²) < 4.78 is 0. The highest BCUT2D eigenvalue weighted by Crippen LogP contribution is 2.51. The highest BCUT2D eigenvalue weighted by molar-refractivity contribution is 5.53. The minimum absolute atomic E-state index is 0.186. The number of hydrogen-bond donors (Lipinski definition) is 1. The minimum Gasteiger partial charge on any atom is -0.384 e. The third-order valence-electron chi connectivity index (χ3n) is 4.16. The van der Waals surface area contributed by atoms with Gasteiger partial charge in [0.15, 0.2) is 0 Å². The van der Waals surface area contributed by atoms with E-state index in [0.717, 1.165) is 12.2 Å². The van der Waals surface area contributed by atoms with Crippen molar-refractivity contribution in [1.82, 2.24) is 0 Å². The Morgan fingerprint density at radius 3 is 2.56 bits per heavy atom. The van der Waals surface area contributed by atoms with E-state index in [4.69, 9.17) is 0 Å². The van der Waals surface area contributed by atoms with Crippen LogP contribution in [0, 0.1) is 28.4 Å². The summed E-state index contributed by atoms with van der Waals surface area (Å²) in [6.45, 7) is 7.26. The minimum atomic E-state index is -0.338. The van der Waals surface area contributed by atoms with E-state index in [1.807, 2.05) is 6.07 Å². The van der Waals surface area contributed by atoms with Crippen LogP contribution in [-0.4, -0.2) is 11.5 Å². The van der Waals surface area contributed by atoms with Gasteiger partial charge in [-0.3, -0.25) is 10.1 Å². The molecule has 0 bridgehead atoms. The van der Waals surface area contributed by atoms with Crippen LogP contribution in [0.4, 0.5) is 11.4 Å². The van der Waals surface area contributed by atoms with Crippen molar-refractivity contribution in [3.8, 4) is 0 Å². The number of nitro benzene ring substituents is 1. The lowest BCUT2D eigenvalue weighted by Crippen LogP contribution is -2.20. The highest BCUT2D eigenvalue weighted by atomic mass is 16.6. The lowest BCUT2D eigenvalue weighted by molar-refractivity contribution is -0.385. The van der Waals surface area contributed by atoms with Crippen molar-refractivity contribution in [2.75, 3.05) is 11.9 Å². The summed E-state index contributed by atoms with van der Waals surface area (Å²) in [6, 6.07) is 5.22. The fourth-order valence-electron chi connectivity index (χ4n) is 2.37. The van der Waals surface area contributed by atoms with Gasteiger partial charge in [-0.1, -0.05) is 13.8 Å². The molecular weight excluding hydrogens is 228 g/mol. The van der Waals surface area contributed by atoms with Crippen LogP contribution in [0.3, 0.4) is 0 Å². The molecule has 4 nitrogen and oxygen atoms in total. The maximum Gasteiger partial charge on any atom is 0.272 e. The zero-order chi connectivity index (χ0) is 13.3. The molecule has 0 amide bonds. The second kappa shape index (κ2) is 4.59. The van der Waals surface area contributed by atoms with E-state index in [0.29, 0.717) is 16.9 Å². The monoisotopic (exact) mass is 248 g/mol. The lowest BCUT2D eigenvalue weighted by atomic mass is 9.92. The number of nitrogens with one attached hydrogen (secondary N) is 1. The van der Waals surface area contributed by atoms with E-state index < -0.39 is 0 Å². The van der Waals surface area contributed by atoms with Gasteiger partial charge in [0.05, 0.1) is 4.92 Å². The normalized spacial score (nSPS) is 16.7. The zero-order valence-electron chi connectivity index (χ0n) is 11.2. The summed E-state index contributed by atoms with van der Waals surface area (Å²) >= 11 is 0. The van der Waals surface area contributed by atoms with Crippen LogP contribution >= 0.6 is 0 Å². The number of anilines is 1. The van der Waals surface area contributed by atoms with Crippen LogP contribution < -0.4 is 5.32 Å². The van der Waals surface area contributed by atoms with Gasteiger partial charge in [-0.15, -0.1) is 0 Å². The summed E-state index contributed by atoms with van der Waals surface area (Å²) in [7, 11) is 0. The second-order valence-corrected chi connectivity index (χ2v) is 5.63. The van der Waals surface area contributed by atoms with Crippen LogP contribution in [0.5, 0.6) is 0 Å². The summed E-state index contributed by atoms with van der Waals surface area (Å²) in [5.41, 5.74) is 2.31. The Bertz CT molecular complexity index is 465. The molecule has 0 spiro atoms. The molecule has 0 unspecified atom stereocenters. The summed E-state index contributed by atoms with van der Waals surface area (Å²) in [5, 5.41) is 14.1. The van der Waals surface area contributed by atoms with E-state index >= 15 is 0 Å². The van der Waals surface area contributed by atoms with Crippen molar-refractivity contribution in [2.45, 2.75) is 33.6 Å². The highest BCUT2D eigenvalue weighted by Gasteiger charge is 2.44. The van der Waals surface area contributed by atoms with Crippen LogP contribution in [0.2, 0.25) is 0 Å². The Balaban J connectivity index is 2.03. The molecule has 0 atom stereocenters. The van der Waals surface area contributed by atoms with E-state index in [1.165, 1.54) is 12.8 Å². The standard InChI is InChI=1S/C14H20N2O2/c1-10(2)14(6-7-14)9-15-12-4-5-13(16(17)18)11(3)8-12/h4-5,8,10,15H,6-7,9H2,1-3H3. The molecule has 0 saturated heterocycles. The Kier molecular flexibility index (Phi) is 3.28. The zero-order valence-corrected chi connectivity index (χ0v) is 11.2.